The third kappa shape index (κ3) is 3.39. The number of methoxy groups -OCH3 is 1. The van der Waals surface area contributed by atoms with Crippen LogP contribution in [0, 0.1) is 5.92 Å². The van der Waals surface area contributed by atoms with Crippen LogP contribution in [0.2, 0.25) is 5.02 Å². The summed E-state index contributed by atoms with van der Waals surface area (Å²) in [4.78, 5) is 10.9. The third-order valence-corrected chi connectivity index (χ3v) is 3.28. The number of halogens is 1. The van der Waals surface area contributed by atoms with Crippen molar-refractivity contribution in [2.24, 2.45) is 5.92 Å². The molecule has 0 aliphatic rings. The monoisotopic (exact) mass is 270 g/mol. The molecule has 1 aromatic rings. The first-order chi connectivity index (χ1) is 8.36. The van der Waals surface area contributed by atoms with Crippen molar-refractivity contribution in [1.82, 2.24) is 0 Å². The molecule has 0 saturated heterocycles. The predicted molar refractivity (Wildman–Crippen MR) is 72.6 cm³/mol. The highest BCUT2D eigenvalue weighted by Gasteiger charge is 2.17. The van der Waals surface area contributed by atoms with Crippen LogP contribution < -0.4 is 4.74 Å². The highest BCUT2D eigenvalue weighted by atomic mass is 35.5. The lowest BCUT2D eigenvalue weighted by atomic mass is 9.91. The van der Waals surface area contributed by atoms with E-state index in [0.29, 0.717) is 23.1 Å². The summed E-state index contributed by atoms with van der Waals surface area (Å²) in [5, 5.41) is 9.51. The Balaban J connectivity index is 3.16. The molecular formula is C14H19ClO3. The Kier molecular flexibility index (Phi) is 5.03. The molecule has 0 aromatic heterocycles. The molecule has 3 nitrogen and oxygen atoms in total. The van der Waals surface area contributed by atoms with Gasteiger partial charge in [-0.15, -0.1) is 0 Å². The Labute approximate surface area is 113 Å². The number of hydrogen-bond donors (Lipinski definition) is 1. The Hall–Kier alpha value is -1.22. The van der Waals surface area contributed by atoms with E-state index in [9.17, 15) is 4.79 Å². The standard InChI is InChI=1S/C14H19ClO3/c1-8(2)11-7-13(18-4)12(15)6-10(11)5-9(3)14(16)17/h6-9H,5H2,1-4H3,(H,16,17). The molecule has 0 fully saturated rings. The lowest BCUT2D eigenvalue weighted by Gasteiger charge is -2.17. The van der Waals surface area contributed by atoms with Gasteiger partial charge in [0.1, 0.15) is 5.75 Å². The van der Waals surface area contributed by atoms with Crippen molar-refractivity contribution in [3.05, 3.63) is 28.3 Å². The summed E-state index contributed by atoms with van der Waals surface area (Å²) in [5.74, 6) is -0.289. The molecule has 0 aliphatic heterocycles. The quantitative estimate of drug-likeness (QED) is 0.887. The van der Waals surface area contributed by atoms with Crippen molar-refractivity contribution >= 4 is 17.6 Å². The van der Waals surface area contributed by atoms with Crippen LogP contribution in [0.1, 0.15) is 37.8 Å². The second-order valence-corrected chi connectivity index (χ2v) is 5.19. The van der Waals surface area contributed by atoms with Gasteiger partial charge in [0.15, 0.2) is 0 Å². The van der Waals surface area contributed by atoms with Crippen LogP contribution >= 0.6 is 11.6 Å². The number of aliphatic carboxylic acids is 1. The molecular weight excluding hydrogens is 252 g/mol. The number of ether oxygens (including phenoxy) is 1. The molecule has 4 heteroatoms. The van der Waals surface area contributed by atoms with E-state index in [4.69, 9.17) is 21.4 Å². The number of rotatable bonds is 5. The molecule has 0 amide bonds. The van der Waals surface area contributed by atoms with E-state index in [1.54, 1.807) is 14.0 Å². The molecule has 0 radical (unpaired) electrons. The van der Waals surface area contributed by atoms with E-state index in [-0.39, 0.29) is 0 Å². The zero-order valence-electron chi connectivity index (χ0n) is 11.2. The lowest BCUT2D eigenvalue weighted by molar-refractivity contribution is -0.141. The van der Waals surface area contributed by atoms with E-state index in [1.807, 2.05) is 12.1 Å². The van der Waals surface area contributed by atoms with Gasteiger partial charge in [-0.05, 0) is 35.6 Å². The van der Waals surface area contributed by atoms with E-state index in [2.05, 4.69) is 13.8 Å². The number of benzene rings is 1. The van der Waals surface area contributed by atoms with Gasteiger partial charge in [0.05, 0.1) is 18.1 Å². The van der Waals surface area contributed by atoms with Crippen LogP contribution in [0.15, 0.2) is 12.1 Å². The maximum Gasteiger partial charge on any atom is 0.306 e. The molecule has 0 bridgehead atoms. The van der Waals surface area contributed by atoms with Crippen molar-refractivity contribution in [2.75, 3.05) is 7.11 Å². The Bertz CT molecular complexity index is 441. The zero-order valence-corrected chi connectivity index (χ0v) is 11.9. The topological polar surface area (TPSA) is 46.5 Å². The number of carbonyl (C=O) groups is 1. The van der Waals surface area contributed by atoms with Gasteiger partial charge in [-0.2, -0.15) is 0 Å². The van der Waals surface area contributed by atoms with Crippen LogP contribution in [0.5, 0.6) is 5.75 Å². The normalized spacial score (nSPS) is 12.6. The maximum absolute atomic E-state index is 10.9. The molecule has 0 heterocycles. The summed E-state index contributed by atoms with van der Waals surface area (Å²) in [6, 6.07) is 3.71. The van der Waals surface area contributed by atoms with Gasteiger partial charge in [-0.25, -0.2) is 0 Å². The molecule has 0 spiro atoms. The van der Waals surface area contributed by atoms with Gasteiger partial charge in [-0.3, -0.25) is 4.79 Å². The maximum atomic E-state index is 10.9. The fourth-order valence-corrected chi connectivity index (χ4v) is 2.16. The van der Waals surface area contributed by atoms with Crippen LogP contribution in [0.4, 0.5) is 0 Å². The number of carboxylic acid groups (broad SMARTS) is 1. The zero-order chi connectivity index (χ0) is 13.9. The molecule has 1 atom stereocenters. The smallest absolute Gasteiger partial charge is 0.306 e. The van der Waals surface area contributed by atoms with Crippen LogP contribution in [0.25, 0.3) is 0 Å². The van der Waals surface area contributed by atoms with Crippen molar-refractivity contribution in [1.29, 1.82) is 0 Å². The fraction of sp³-hybridized carbons (Fsp3) is 0.500. The van der Waals surface area contributed by atoms with Crippen LogP contribution in [-0.4, -0.2) is 18.2 Å². The van der Waals surface area contributed by atoms with E-state index in [1.165, 1.54) is 0 Å². The minimum Gasteiger partial charge on any atom is -0.495 e. The second kappa shape index (κ2) is 6.10. The summed E-state index contributed by atoms with van der Waals surface area (Å²) < 4.78 is 5.19. The van der Waals surface area contributed by atoms with Gasteiger partial charge in [0, 0.05) is 0 Å². The minimum absolute atomic E-state index is 0.298. The van der Waals surface area contributed by atoms with Crippen LogP contribution in [0.3, 0.4) is 0 Å². The first-order valence-electron chi connectivity index (χ1n) is 5.95. The summed E-state index contributed by atoms with van der Waals surface area (Å²) in [6.45, 7) is 5.83. The van der Waals surface area contributed by atoms with Gasteiger partial charge >= 0.3 is 5.97 Å². The first-order valence-corrected chi connectivity index (χ1v) is 6.33. The molecule has 100 valence electrons. The summed E-state index contributed by atoms with van der Waals surface area (Å²) in [7, 11) is 1.57. The first kappa shape index (κ1) is 14.8. The number of carboxylic acids is 1. The summed E-state index contributed by atoms with van der Waals surface area (Å²) >= 11 is 6.10. The molecule has 0 aliphatic carbocycles. The molecule has 1 rings (SSSR count). The van der Waals surface area contributed by atoms with E-state index in [0.717, 1.165) is 11.1 Å². The Morgan fingerprint density at radius 3 is 2.44 bits per heavy atom. The lowest BCUT2D eigenvalue weighted by Crippen LogP contribution is -2.13. The molecule has 1 N–H and O–H groups in total. The van der Waals surface area contributed by atoms with Crippen molar-refractivity contribution < 1.29 is 14.6 Å². The Morgan fingerprint density at radius 2 is 2.00 bits per heavy atom. The highest BCUT2D eigenvalue weighted by molar-refractivity contribution is 6.32. The van der Waals surface area contributed by atoms with Crippen molar-refractivity contribution in [3.63, 3.8) is 0 Å². The molecule has 1 aromatic carbocycles. The number of hydrogen-bond acceptors (Lipinski definition) is 2. The second-order valence-electron chi connectivity index (χ2n) is 4.78. The third-order valence-electron chi connectivity index (χ3n) is 2.98. The van der Waals surface area contributed by atoms with Gasteiger partial charge in [0.25, 0.3) is 0 Å². The van der Waals surface area contributed by atoms with E-state index < -0.39 is 11.9 Å². The fourth-order valence-electron chi connectivity index (χ4n) is 1.90. The average molecular weight is 271 g/mol. The summed E-state index contributed by atoms with van der Waals surface area (Å²) in [5.41, 5.74) is 2.06. The van der Waals surface area contributed by atoms with E-state index >= 15 is 0 Å². The van der Waals surface area contributed by atoms with Gasteiger partial charge in [-0.1, -0.05) is 32.4 Å². The van der Waals surface area contributed by atoms with Crippen molar-refractivity contribution in [2.45, 2.75) is 33.1 Å². The predicted octanol–water partition coefficient (Wildman–Crippen LogP) is 3.74. The highest BCUT2D eigenvalue weighted by Crippen LogP contribution is 2.33. The minimum atomic E-state index is -0.795. The van der Waals surface area contributed by atoms with Gasteiger partial charge < -0.3 is 9.84 Å². The SMILES string of the molecule is COc1cc(C(C)C)c(CC(C)C(=O)O)cc1Cl. The van der Waals surface area contributed by atoms with Crippen molar-refractivity contribution in [3.8, 4) is 5.75 Å². The average Bonchev–Trinajstić information content (AvgIpc) is 2.28. The van der Waals surface area contributed by atoms with Crippen LogP contribution in [-0.2, 0) is 11.2 Å². The molecule has 0 saturated carbocycles. The molecule has 1 unspecified atom stereocenters. The van der Waals surface area contributed by atoms with Gasteiger partial charge in [0.2, 0.25) is 0 Å². The molecule has 18 heavy (non-hydrogen) atoms. The Morgan fingerprint density at radius 1 is 1.39 bits per heavy atom. The largest absolute Gasteiger partial charge is 0.495 e. The summed E-state index contributed by atoms with van der Waals surface area (Å²) in [6.07, 6.45) is 0.479.